The van der Waals surface area contributed by atoms with Crippen molar-refractivity contribution in [3.8, 4) is 5.75 Å². The summed E-state index contributed by atoms with van der Waals surface area (Å²) in [5, 5.41) is 12.9. The van der Waals surface area contributed by atoms with E-state index in [4.69, 9.17) is 5.11 Å². The number of carbonyl (C=O) groups is 3. The lowest BCUT2D eigenvalue weighted by Crippen LogP contribution is -2.46. The minimum Gasteiger partial charge on any atom is -0.481 e. The molecule has 1 aliphatic rings. The third-order valence-electron chi connectivity index (χ3n) is 7.00. The second kappa shape index (κ2) is 13.9. The third kappa shape index (κ3) is 9.36. The monoisotopic (exact) mass is 613 g/mol. The number of aliphatic carboxylic acids is 1. The fraction of sp³-hybridized carbons (Fsp3) is 0.464. The van der Waals surface area contributed by atoms with Gasteiger partial charge in [0.2, 0.25) is 0 Å². The lowest BCUT2D eigenvalue weighted by molar-refractivity contribution is -0.274. The lowest BCUT2D eigenvalue weighted by atomic mass is 9.93. The van der Waals surface area contributed by atoms with Gasteiger partial charge in [-0.2, -0.15) is 0 Å². The van der Waals surface area contributed by atoms with Crippen molar-refractivity contribution in [2.24, 2.45) is 0 Å². The predicted octanol–water partition coefficient (Wildman–Crippen LogP) is 4.96. The first kappa shape index (κ1) is 32.7. The molecule has 0 heterocycles. The maximum absolute atomic E-state index is 13.4. The first-order valence-corrected chi connectivity index (χ1v) is 15.0. The molecule has 0 spiro atoms. The number of anilines is 1. The number of sulfone groups is 1. The minimum atomic E-state index is -4.85. The third-order valence-corrected chi connectivity index (χ3v) is 9.71. The summed E-state index contributed by atoms with van der Waals surface area (Å²) < 4.78 is 66.7. The molecule has 2 aromatic carbocycles. The van der Waals surface area contributed by atoms with Crippen molar-refractivity contribution >= 4 is 33.4 Å². The van der Waals surface area contributed by atoms with Crippen molar-refractivity contribution in [2.75, 3.05) is 11.9 Å². The van der Waals surface area contributed by atoms with E-state index in [2.05, 4.69) is 15.4 Å². The molecule has 1 fully saturated rings. The van der Waals surface area contributed by atoms with Gasteiger partial charge in [0, 0.05) is 30.4 Å². The maximum atomic E-state index is 13.4. The van der Waals surface area contributed by atoms with Crippen LogP contribution in [0.25, 0.3) is 0 Å². The Morgan fingerprint density at radius 2 is 1.60 bits per heavy atom. The summed E-state index contributed by atoms with van der Waals surface area (Å²) in [6.07, 6.45) is -3.43. The Kier molecular flexibility index (Phi) is 10.8. The van der Waals surface area contributed by atoms with Crippen LogP contribution in [0.1, 0.15) is 61.9 Å². The molecule has 0 aromatic heterocycles. The van der Waals surface area contributed by atoms with Gasteiger partial charge in [0.1, 0.15) is 5.75 Å². The molecule has 0 aliphatic heterocycles. The summed E-state index contributed by atoms with van der Waals surface area (Å²) in [5.41, 5.74) is 1.22. The van der Waals surface area contributed by atoms with Crippen LogP contribution in [-0.4, -0.2) is 65.8 Å². The molecule has 3 rings (SSSR count). The van der Waals surface area contributed by atoms with E-state index in [0.717, 1.165) is 12.1 Å². The van der Waals surface area contributed by atoms with Crippen LogP contribution in [0.15, 0.2) is 48.5 Å². The van der Waals surface area contributed by atoms with Gasteiger partial charge in [-0.05, 0) is 81.5 Å². The Labute approximate surface area is 242 Å². The van der Waals surface area contributed by atoms with Crippen LogP contribution in [0.2, 0.25) is 0 Å². The highest BCUT2D eigenvalue weighted by molar-refractivity contribution is 7.92. The van der Waals surface area contributed by atoms with Crippen LogP contribution in [0, 0.1) is 0 Å². The topological polar surface area (TPSA) is 142 Å². The van der Waals surface area contributed by atoms with Crippen LogP contribution in [0.3, 0.4) is 0 Å². The van der Waals surface area contributed by atoms with Gasteiger partial charge in [-0.25, -0.2) is 13.2 Å². The second-order valence-corrected chi connectivity index (χ2v) is 13.1. The van der Waals surface area contributed by atoms with Gasteiger partial charge in [0.05, 0.1) is 16.9 Å². The zero-order valence-electron chi connectivity index (χ0n) is 23.2. The number of urea groups is 1. The molecule has 1 saturated carbocycles. The second-order valence-electron chi connectivity index (χ2n) is 10.3. The molecule has 2 aromatic rings. The van der Waals surface area contributed by atoms with E-state index in [9.17, 15) is 36.0 Å². The van der Waals surface area contributed by atoms with E-state index in [0.29, 0.717) is 36.8 Å². The van der Waals surface area contributed by atoms with Gasteiger partial charge < -0.3 is 25.4 Å². The van der Waals surface area contributed by atoms with Gasteiger partial charge in [-0.1, -0.05) is 12.1 Å². The van der Waals surface area contributed by atoms with Gasteiger partial charge in [0.15, 0.2) is 9.84 Å². The molecule has 230 valence electrons. The Bertz CT molecular complexity index is 1340. The average molecular weight is 614 g/mol. The number of hydrogen-bond donors (Lipinski definition) is 3. The highest BCUT2D eigenvalue weighted by Gasteiger charge is 2.36. The number of nitrogens with one attached hydrogen (secondary N) is 2. The number of halogens is 3. The van der Waals surface area contributed by atoms with Crippen LogP contribution >= 0.6 is 0 Å². The number of benzene rings is 2. The summed E-state index contributed by atoms with van der Waals surface area (Å²) in [4.78, 5) is 37.9. The number of carboxylic acid groups (broad SMARTS) is 1. The zero-order chi connectivity index (χ0) is 31.1. The van der Waals surface area contributed by atoms with Gasteiger partial charge in [-0.3, -0.25) is 9.59 Å². The summed E-state index contributed by atoms with van der Waals surface area (Å²) in [6, 6.07) is 10.3. The highest BCUT2D eigenvalue weighted by Crippen LogP contribution is 2.31. The number of nitrogens with zero attached hydrogens (tertiary/aromatic N) is 1. The fourth-order valence-corrected chi connectivity index (χ4v) is 6.41. The normalized spacial score (nSPS) is 17.4. The summed E-state index contributed by atoms with van der Waals surface area (Å²) in [6.45, 7) is 3.38. The number of carbonyl (C=O) groups excluding carboxylic acids is 2. The quantitative estimate of drug-likeness (QED) is 0.325. The molecule has 1 aliphatic carbocycles. The van der Waals surface area contributed by atoms with Crippen molar-refractivity contribution in [2.45, 2.75) is 75.4 Å². The number of alkyl halides is 3. The smallest absolute Gasteiger partial charge is 0.481 e. The molecule has 10 nitrogen and oxygen atoms in total. The number of ether oxygens (including phenoxy) is 1. The Morgan fingerprint density at radius 3 is 2.12 bits per heavy atom. The molecule has 0 saturated heterocycles. The van der Waals surface area contributed by atoms with E-state index in [1.165, 1.54) is 12.1 Å². The van der Waals surface area contributed by atoms with E-state index in [-0.39, 0.29) is 31.2 Å². The van der Waals surface area contributed by atoms with Gasteiger partial charge in [0.25, 0.3) is 5.91 Å². The minimum absolute atomic E-state index is 0.0254. The van der Waals surface area contributed by atoms with Crippen molar-refractivity contribution in [1.82, 2.24) is 10.2 Å². The largest absolute Gasteiger partial charge is 0.573 e. The molecular weight excluding hydrogens is 579 g/mol. The molecule has 0 atom stereocenters. The lowest BCUT2D eigenvalue weighted by Gasteiger charge is -2.37. The number of hydrogen-bond acceptors (Lipinski definition) is 6. The number of carboxylic acids is 1. The molecular formula is C28H34F3N3O7S. The van der Waals surface area contributed by atoms with E-state index >= 15 is 0 Å². The maximum Gasteiger partial charge on any atom is 0.573 e. The first-order chi connectivity index (χ1) is 19.7. The molecule has 0 radical (unpaired) electrons. The van der Waals surface area contributed by atoms with Crippen molar-refractivity contribution in [1.29, 1.82) is 0 Å². The summed E-state index contributed by atoms with van der Waals surface area (Å²) in [7, 11) is -3.30. The summed E-state index contributed by atoms with van der Waals surface area (Å²) in [5.74, 6) is -1.92. The van der Waals surface area contributed by atoms with Gasteiger partial charge in [-0.15, -0.1) is 13.2 Å². The van der Waals surface area contributed by atoms with Crippen molar-refractivity contribution in [3.63, 3.8) is 0 Å². The van der Waals surface area contributed by atoms with Gasteiger partial charge >= 0.3 is 18.4 Å². The molecule has 3 N–H and O–H groups in total. The van der Waals surface area contributed by atoms with Crippen LogP contribution in [0.5, 0.6) is 5.75 Å². The van der Waals surface area contributed by atoms with Crippen molar-refractivity contribution < 1.29 is 45.8 Å². The van der Waals surface area contributed by atoms with Crippen molar-refractivity contribution in [3.05, 3.63) is 59.7 Å². The van der Waals surface area contributed by atoms with Crippen LogP contribution in [0.4, 0.5) is 23.7 Å². The van der Waals surface area contributed by atoms with E-state index in [1.807, 2.05) is 0 Å². The molecule has 42 heavy (non-hydrogen) atoms. The summed E-state index contributed by atoms with van der Waals surface area (Å²) >= 11 is 0. The molecule has 0 bridgehead atoms. The zero-order valence-corrected chi connectivity index (χ0v) is 24.0. The molecule has 0 unspecified atom stereocenters. The molecule has 14 heteroatoms. The predicted molar refractivity (Wildman–Crippen MR) is 149 cm³/mol. The standard InChI is InChI=1S/C28H34F3N3O7S/c1-18(2)42(39,40)24-13-9-22(10-14-24)34(27(38)33-21-7-11-23(12-8-21)41-28(29,30)31)17-19-3-5-20(6-4-19)26(37)32-16-15-25(35)36/h3-8,11-12,18,22,24H,9-10,13-17H2,1-2H3,(H,32,37)(H,33,38)(H,35,36). The Hall–Kier alpha value is -3.81. The van der Waals surface area contributed by atoms with Crippen LogP contribution < -0.4 is 15.4 Å². The Morgan fingerprint density at radius 1 is 1.00 bits per heavy atom. The SMILES string of the molecule is CC(C)S(=O)(=O)C1CCC(N(Cc2ccc(C(=O)NCCC(=O)O)cc2)C(=O)Nc2ccc(OC(F)(F)F)cc2)CC1. The number of amides is 3. The van der Waals surface area contributed by atoms with E-state index in [1.54, 1.807) is 43.0 Å². The first-order valence-electron chi connectivity index (χ1n) is 13.4. The highest BCUT2D eigenvalue weighted by atomic mass is 32.2. The molecule has 3 amide bonds. The number of rotatable bonds is 11. The van der Waals surface area contributed by atoms with E-state index < -0.39 is 50.4 Å². The fourth-order valence-electron chi connectivity index (χ4n) is 4.72. The van der Waals surface area contributed by atoms with Crippen LogP contribution in [-0.2, 0) is 21.2 Å². The Balaban J connectivity index is 1.75. The average Bonchev–Trinajstić information content (AvgIpc) is 2.92.